The van der Waals surface area contributed by atoms with Crippen molar-refractivity contribution in [2.75, 3.05) is 152 Å². The number of ether oxygens (including phenoxy) is 5. The third kappa shape index (κ3) is 24.7. The Morgan fingerprint density at radius 2 is 0.822 bits per heavy atom. The van der Waals surface area contributed by atoms with Gasteiger partial charge in [0.2, 0.25) is 17.8 Å². The van der Waals surface area contributed by atoms with Gasteiger partial charge in [-0.15, -0.1) is 65.9 Å². The molecule has 5 unspecified atom stereocenters. The number of hydrogen-bond donors (Lipinski definition) is 19. The zero-order valence-electron chi connectivity index (χ0n) is 75.0. The Bertz CT molecular complexity index is 6040. The van der Waals surface area contributed by atoms with Crippen LogP contribution in [0, 0.1) is 9.28 Å². The number of thioether (sulfide) groups is 1. The van der Waals surface area contributed by atoms with E-state index in [0.717, 1.165) is 61.2 Å². The molecular weight excluding hydrogens is 1820 g/mol. The van der Waals surface area contributed by atoms with E-state index in [1.165, 1.54) is 39.9 Å². The molecule has 5 aliphatic rings. The number of imidazole rings is 4. The predicted octanol–water partition coefficient (Wildman–Crippen LogP) is 3.67. The number of nitrogens with two attached hydrogens (primary N) is 3. The molecule has 0 aromatic carbocycles. The van der Waals surface area contributed by atoms with Gasteiger partial charge in [-0.1, -0.05) is 56.0 Å². The highest BCUT2D eigenvalue weighted by Crippen LogP contribution is 2.46. The van der Waals surface area contributed by atoms with E-state index in [1.54, 1.807) is 52.0 Å². The van der Waals surface area contributed by atoms with Gasteiger partial charge in [0.25, 0.3) is 16.7 Å². The van der Waals surface area contributed by atoms with Crippen molar-refractivity contribution in [3.8, 4) is 0 Å². The Kier molecular flexibility index (Phi) is 33.2. The fourth-order valence-electron chi connectivity index (χ4n) is 15.2. The predicted molar refractivity (Wildman–Crippen MR) is 526 cm³/mol. The van der Waals surface area contributed by atoms with E-state index in [0.29, 0.717) is 70.3 Å². The van der Waals surface area contributed by atoms with Crippen molar-refractivity contribution in [2.24, 2.45) is 0 Å². The van der Waals surface area contributed by atoms with Crippen LogP contribution in [0.5, 0.6) is 0 Å². The Balaban J connectivity index is 0.000000156. The summed E-state index contributed by atoms with van der Waals surface area (Å²) in [5.74, 6) is 1.77. The molecule has 22 N–H and O–H groups in total. The monoisotopic (exact) mass is 1950 g/mol. The van der Waals surface area contributed by atoms with Gasteiger partial charge < -0.3 is 117 Å². The molecule has 5 fully saturated rings. The van der Waals surface area contributed by atoms with Gasteiger partial charge in [-0.3, -0.25) is 47.6 Å². The lowest BCUT2D eigenvalue weighted by Gasteiger charge is -2.20. The van der Waals surface area contributed by atoms with Crippen LogP contribution in [0.25, 0.3) is 55.7 Å². The highest BCUT2D eigenvalue weighted by Gasteiger charge is 2.50. The van der Waals surface area contributed by atoms with Crippen LogP contribution in [0.1, 0.15) is 89.4 Å². The number of aromatic amines is 5. The van der Waals surface area contributed by atoms with Gasteiger partial charge in [0, 0.05) is 33.1 Å². The number of hydrogen-bond acceptors (Lipinski definition) is 35. The second-order valence-electron chi connectivity index (χ2n) is 36.7. The van der Waals surface area contributed by atoms with Gasteiger partial charge in [0.05, 0.1) is 54.9 Å². The second-order valence-corrected chi connectivity index (χ2v) is 60.1. The van der Waals surface area contributed by atoms with E-state index in [1.807, 2.05) is 0 Å². The smallest absolute Gasteiger partial charge is 0.280 e. The van der Waals surface area contributed by atoms with Gasteiger partial charge in [0.1, 0.15) is 82.5 Å². The van der Waals surface area contributed by atoms with Crippen LogP contribution in [0.15, 0.2) is 50.8 Å². The molecule has 0 radical (unpaired) electrons. The molecule has 0 amide bonds. The minimum Gasteiger partial charge on any atom is -0.388 e. The highest BCUT2D eigenvalue weighted by molar-refractivity contribution is 7.99. The normalized spacial score (nSPS) is 26.7. The summed E-state index contributed by atoms with van der Waals surface area (Å²) in [5, 5.41) is 109. The first-order valence-corrected chi connectivity index (χ1v) is 59.1. The van der Waals surface area contributed by atoms with E-state index in [-0.39, 0.29) is 67.4 Å². The molecule has 50 heteroatoms. The van der Waals surface area contributed by atoms with Crippen LogP contribution in [0.3, 0.4) is 0 Å². The number of rotatable bonds is 27. The molecule has 20 atom stereocenters. The molecule has 0 spiro atoms. The zero-order valence-corrected chi connectivity index (χ0v) is 81.9. The maximum absolute atomic E-state index is 12.4. The number of aliphatic hydroxyl groups is 10. The van der Waals surface area contributed by atoms with Crippen molar-refractivity contribution in [2.45, 2.75) is 186 Å². The third-order valence-electron chi connectivity index (χ3n) is 22.2. The lowest BCUT2D eigenvalue weighted by atomic mass is 10.1. The number of nitrogen functional groups attached to an aromatic ring is 3. The van der Waals surface area contributed by atoms with E-state index < -0.39 is 163 Å². The summed E-state index contributed by atoms with van der Waals surface area (Å²) >= 11 is 11.8. The van der Waals surface area contributed by atoms with Crippen LogP contribution < -0.4 is 44.1 Å². The average molecular weight is 1950 g/mol. The number of aromatic nitrogens is 19. The van der Waals surface area contributed by atoms with Crippen molar-refractivity contribution in [1.29, 1.82) is 0 Å². The molecule has 10 aromatic rings. The third-order valence-corrected chi connectivity index (χ3v) is 31.2. The maximum Gasteiger partial charge on any atom is 0.280 e. The summed E-state index contributed by atoms with van der Waals surface area (Å²) in [5.41, 5.74) is 18.9. The van der Waals surface area contributed by atoms with Crippen LogP contribution in [0.2, 0.25) is 0 Å². The Labute approximate surface area is 759 Å². The second kappa shape index (κ2) is 41.8. The van der Waals surface area contributed by atoms with Gasteiger partial charge in [0.15, 0.2) is 86.3 Å². The number of H-pyrrole nitrogens is 5. The van der Waals surface area contributed by atoms with Crippen molar-refractivity contribution in [3.05, 3.63) is 71.6 Å². The first-order valence-electron chi connectivity index (χ1n) is 42.0. The molecule has 0 saturated carbocycles. The highest BCUT2D eigenvalue weighted by atomic mass is 32.2. The summed E-state index contributed by atoms with van der Waals surface area (Å²) in [7, 11) is 5.15. The average Bonchev–Trinajstić information content (AvgIpc) is 2.43. The molecule has 42 nitrogen and oxygen atoms in total. The SMILES string of the molecule is C=P(C)(C)CC[C@H]1OC(n2c(SCCCCC)nc3c(=O)[nH]c(N)nc32)[C@H](O)[C@@H]1O.C=P(C)(C)CC[C@H]1OC(n2ccc3c(=S)nc(N)[nH]c32)[C@H](O)[C@@H]1O.C=P(C)(C)CC[C@H]1OC(n2cnc3c(=O)[nH]c(N(C)C)nc32)[C@H](O)[C@@H]1O.C=P(C)(C)CC[C@H]1OC(n2cnc3c(=O)[nH]c(NC)nc32)[C@H](O)[C@@H]1O.C=P(C)(C)CC[C@H]1OC(n2cnc3c(=S)nc(N)[nH]c32)[C@H](O)[C@@H]1O. The molecule has 10 aromatic heterocycles. The summed E-state index contributed by atoms with van der Waals surface area (Å²) in [6, 6.07) is 1.79. The van der Waals surface area contributed by atoms with Crippen molar-refractivity contribution < 1.29 is 74.7 Å². The molecule has 714 valence electrons. The lowest BCUT2D eigenvalue weighted by Crippen LogP contribution is -2.32. The fourth-order valence-corrected chi connectivity index (χ4v) is 21.4. The van der Waals surface area contributed by atoms with Crippen molar-refractivity contribution in [3.63, 3.8) is 0 Å². The maximum atomic E-state index is 12.4. The Hall–Kier alpha value is -7.09. The van der Waals surface area contributed by atoms with Crippen molar-refractivity contribution in [1.82, 2.24) is 92.6 Å². The molecule has 15 rings (SSSR count). The minimum absolute atomic E-state index is 0.0376. The van der Waals surface area contributed by atoms with Crippen LogP contribution in [0.4, 0.5) is 29.7 Å². The summed E-state index contributed by atoms with van der Waals surface area (Å²) in [6.45, 7) is 17.1. The Morgan fingerprint density at radius 1 is 0.450 bits per heavy atom. The summed E-state index contributed by atoms with van der Waals surface area (Å²) in [4.78, 5) is 89.5. The van der Waals surface area contributed by atoms with Gasteiger partial charge in [-0.05, 0) is 142 Å². The molecule has 5 aliphatic heterocycles. The number of fused-ring (bicyclic) bond motifs is 5. The molecule has 129 heavy (non-hydrogen) atoms. The topological polar surface area (TPSA) is 613 Å². The summed E-state index contributed by atoms with van der Waals surface area (Å²) in [6.07, 6.45) is 20.5. The van der Waals surface area contributed by atoms with E-state index in [4.69, 9.17) is 65.3 Å². The standard InChI is InChI=1S/C19H32N5O4PS.C16H26N5O4P.C15H24N5O4P.C15H23N4O3PS.C14H22N5O3PS/c1-5-6-7-10-30-19-21-12-15(22-18(20)23-16(12)27)24(19)17-14(26)13(25)11(28-17)8-9-29(2,3)4;1-20(2)16-18-13-10(14(24)19-16)17-8-21(13)15-12(23)11(22)9(25-15)6-7-26(3,4)5;1-16-15-18-12-9(13(23)19-15)17-7-20(12)14-11(22)10(21)8(24-14)5-6-25(2,3)4;1-23(2,3)7-5-9-10(20)11(21)14(22-9)19-6-4-8-12(19)17-15(16)18-13(8)24;1-23(2,3)5-4-7-9(20)10(21)13(22-7)19-6-16-8-11(19)17-14(15)18-12(8)24/h11,13-14,17,25-26H,2,5-10H2,1,3-4H3,(H3,20,22,23,27);8-9,11-12,15,22-23H,3,6-7H2,1-2,4-5H3,(H,18,19,24);7-8,10-11,14,21-22H,2,5-6H2,1,3-4H3,(H2,16,18,19,23);4,6,9-11,14,20-21H,1,5,7H2,2-3H3,(H3,16,17,18,24);6-7,9-10,13,20-21H,1,4-5H2,2-3H3,(H3,15,17,18,24)/t11-,13-,14-,17?;9-,11-,12-,15?;8-,10-,11-,14?;9-,10-,11-,14?;7-,9-,10-,13?/m11111/s1. The first-order chi connectivity index (χ1) is 60.2. The number of nitrogens with zero attached hydrogens (tertiary/aromatic N) is 15. The quantitative estimate of drug-likeness (QED) is 0.0151. The van der Waals surface area contributed by atoms with Crippen molar-refractivity contribution >= 4 is 188 Å². The van der Waals surface area contributed by atoms with Crippen LogP contribution in [-0.2, 0) is 23.7 Å². The largest absolute Gasteiger partial charge is 0.388 e. The minimum atomic E-state index is -1.30. The molecular formula is C79H127N24O18P5S3. The first kappa shape index (κ1) is 102. The zero-order chi connectivity index (χ0) is 94.9. The molecule has 15 heterocycles. The van der Waals surface area contributed by atoms with E-state index >= 15 is 0 Å². The lowest BCUT2D eigenvalue weighted by molar-refractivity contribution is -0.0400. The molecule has 5 saturated heterocycles. The van der Waals surface area contributed by atoms with Gasteiger partial charge in [-0.2, -0.15) is 15.0 Å². The van der Waals surface area contributed by atoms with Gasteiger partial charge >= 0.3 is 0 Å². The number of nitrogens with one attached hydrogen (secondary N) is 6. The molecule has 0 aliphatic carbocycles. The van der Waals surface area contributed by atoms with Crippen LogP contribution in [-0.4, -0.2) is 391 Å². The van der Waals surface area contributed by atoms with Crippen LogP contribution >= 0.6 is 70.6 Å². The summed E-state index contributed by atoms with van der Waals surface area (Å²) < 4.78 is 38.3. The van der Waals surface area contributed by atoms with E-state index in [9.17, 15) is 65.4 Å². The fraction of sp³-hybridized carbons (Fsp3) is 0.608. The number of aliphatic hydroxyl groups excluding tert-OH is 10. The number of anilines is 5. The van der Waals surface area contributed by atoms with E-state index in [2.05, 4.69) is 180 Å². The molecule has 0 bridgehead atoms. The number of unbranched alkanes of at least 4 members (excludes halogenated alkanes) is 2. The van der Waals surface area contributed by atoms with Gasteiger partial charge in [-0.25, -0.2) is 29.9 Å². The Morgan fingerprint density at radius 3 is 1.26 bits per heavy atom.